The lowest BCUT2D eigenvalue weighted by molar-refractivity contribution is -0.136. The van der Waals surface area contributed by atoms with Crippen LogP contribution in [0.3, 0.4) is 0 Å². The number of benzene rings is 3. The lowest BCUT2D eigenvalue weighted by atomic mass is 10.1. The van der Waals surface area contributed by atoms with E-state index in [1.165, 1.54) is 6.21 Å². The number of nitrogens with one attached hydrogen (secondary N) is 2. The van der Waals surface area contributed by atoms with Gasteiger partial charge in [-0.2, -0.15) is 5.10 Å². The summed E-state index contributed by atoms with van der Waals surface area (Å²) in [6.07, 6.45) is 1.46. The van der Waals surface area contributed by atoms with E-state index in [9.17, 15) is 9.59 Å². The van der Waals surface area contributed by atoms with Gasteiger partial charge in [-0.3, -0.25) is 9.59 Å². The molecule has 0 unspecified atom stereocenters. The second-order valence-electron chi connectivity index (χ2n) is 6.87. The minimum atomic E-state index is -0.840. The van der Waals surface area contributed by atoms with E-state index in [1.807, 2.05) is 74.5 Å². The molecule has 152 valence electrons. The van der Waals surface area contributed by atoms with Gasteiger partial charge in [0.2, 0.25) is 0 Å². The van der Waals surface area contributed by atoms with E-state index in [0.717, 1.165) is 28.0 Å². The maximum Gasteiger partial charge on any atom is 0.329 e. The van der Waals surface area contributed by atoms with Crippen LogP contribution in [-0.2, 0) is 16.2 Å². The molecule has 6 heteroatoms. The molecular formula is C24H23N3O3. The van der Waals surface area contributed by atoms with Crippen LogP contribution in [0.15, 0.2) is 77.9 Å². The first kappa shape index (κ1) is 20.8. The Kier molecular flexibility index (Phi) is 6.95. The van der Waals surface area contributed by atoms with Crippen LogP contribution in [0.5, 0.6) is 5.75 Å². The number of amides is 2. The van der Waals surface area contributed by atoms with Gasteiger partial charge in [-0.25, -0.2) is 5.43 Å². The Labute approximate surface area is 175 Å². The van der Waals surface area contributed by atoms with Crippen molar-refractivity contribution in [2.75, 3.05) is 5.32 Å². The average Bonchev–Trinajstić information content (AvgIpc) is 2.73. The van der Waals surface area contributed by atoms with Crippen LogP contribution in [0.1, 0.15) is 22.3 Å². The first-order valence-electron chi connectivity index (χ1n) is 9.49. The first-order chi connectivity index (χ1) is 14.5. The third kappa shape index (κ3) is 6.31. The van der Waals surface area contributed by atoms with Crippen molar-refractivity contribution < 1.29 is 14.3 Å². The van der Waals surface area contributed by atoms with Gasteiger partial charge in [0.05, 0.1) is 6.21 Å². The molecule has 0 aliphatic rings. The van der Waals surface area contributed by atoms with Crippen LogP contribution < -0.4 is 15.5 Å². The fraction of sp³-hybridized carbons (Fsp3) is 0.125. The number of carbonyl (C=O) groups is 2. The second kappa shape index (κ2) is 10.0. The van der Waals surface area contributed by atoms with Gasteiger partial charge >= 0.3 is 11.8 Å². The molecule has 0 aliphatic carbocycles. The number of hydrogen-bond acceptors (Lipinski definition) is 4. The van der Waals surface area contributed by atoms with Crippen LogP contribution in [0, 0.1) is 13.8 Å². The van der Waals surface area contributed by atoms with Gasteiger partial charge in [0.15, 0.2) is 0 Å². The lowest BCUT2D eigenvalue weighted by Crippen LogP contribution is -2.32. The molecule has 0 atom stereocenters. The number of anilines is 1. The minimum absolute atomic E-state index is 0.486. The Hall–Kier alpha value is -3.93. The minimum Gasteiger partial charge on any atom is -0.489 e. The molecule has 0 aliphatic heterocycles. The summed E-state index contributed by atoms with van der Waals surface area (Å²) in [6, 6.07) is 22.7. The summed E-state index contributed by atoms with van der Waals surface area (Å²) >= 11 is 0. The molecule has 0 radical (unpaired) electrons. The molecule has 6 nitrogen and oxygen atoms in total. The van der Waals surface area contributed by atoms with Crippen molar-refractivity contribution in [1.29, 1.82) is 0 Å². The van der Waals surface area contributed by atoms with Crippen LogP contribution in [0.2, 0.25) is 0 Å². The number of nitrogens with zero attached hydrogens (tertiary/aromatic N) is 1. The quantitative estimate of drug-likeness (QED) is 0.373. The van der Waals surface area contributed by atoms with Gasteiger partial charge in [0, 0.05) is 5.69 Å². The molecule has 3 rings (SSSR count). The topological polar surface area (TPSA) is 79.8 Å². The third-order valence-corrected chi connectivity index (χ3v) is 4.19. The van der Waals surface area contributed by atoms with E-state index in [1.54, 1.807) is 12.1 Å². The summed E-state index contributed by atoms with van der Waals surface area (Å²) in [6.45, 7) is 4.33. The summed E-state index contributed by atoms with van der Waals surface area (Å²) in [4.78, 5) is 23.9. The Morgan fingerprint density at radius 3 is 2.23 bits per heavy atom. The van der Waals surface area contributed by atoms with Crippen LogP contribution in [0.4, 0.5) is 5.69 Å². The molecule has 0 bridgehead atoms. The van der Waals surface area contributed by atoms with Crippen LogP contribution in [0.25, 0.3) is 0 Å². The summed E-state index contributed by atoms with van der Waals surface area (Å²) in [7, 11) is 0. The van der Waals surface area contributed by atoms with E-state index in [2.05, 4.69) is 15.8 Å². The molecular weight excluding hydrogens is 378 g/mol. The highest BCUT2D eigenvalue weighted by atomic mass is 16.5. The molecule has 0 spiro atoms. The highest BCUT2D eigenvalue weighted by molar-refractivity contribution is 6.39. The number of rotatable bonds is 6. The number of hydrazone groups is 1. The number of hydrogen-bond donors (Lipinski definition) is 2. The highest BCUT2D eigenvalue weighted by Gasteiger charge is 2.13. The van der Waals surface area contributed by atoms with Crippen molar-refractivity contribution in [1.82, 2.24) is 5.43 Å². The molecule has 3 aromatic rings. The van der Waals surface area contributed by atoms with E-state index in [-0.39, 0.29) is 0 Å². The molecule has 0 aromatic heterocycles. The SMILES string of the molecule is Cc1cc(C)cc(NC(=O)C(=O)N/N=C\c2ccc(OCc3ccccc3)cc2)c1. The fourth-order valence-corrected chi connectivity index (χ4v) is 2.84. The average molecular weight is 401 g/mol. The monoisotopic (exact) mass is 401 g/mol. The Morgan fingerprint density at radius 1 is 0.900 bits per heavy atom. The zero-order chi connectivity index (χ0) is 21.3. The Morgan fingerprint density at radius 2 is 1.57 bits per heavy atom. The van der Waals surface area contributed by atoms with Crippen molar-refractivity contribution in [3.8, 4) is 5.75 Å². The van der Waals surface area contributed by atoms with Gasteiger partial charge in [0.25, 0.3) is 0 Å². The predicted molar refractivity (Wildman–Crippen MR) is 117 cm³/mol. The van der Waals surface area contributed by atoms with Crippen molar-refractivity contribution >= 4 is 23.7 Å². The normalized spacial score (nSPS) is 10.6. The van der Waals surface area contributed by atoms with Gasteiger partial charge in [-0.05, 0) is 72.5 Å². The lowest BCUT2D eigenvalue weighted by Gasteiger charge is -2.07. The van der Waals surface area contributed by atoms with Crippen LogP contribution >= 0.6 is 0 Å². The molecule has 0 heterocycles. The molecule has 2 N–H and O–H groups in total. The summed E-state index contributed by atoms with van der Waals surface area (Å²) in [5.41, 5.74) is 6.65. The Bertz CT molecular complexity index is 1020. The Balaban J connectivity index is 1.48. The molecule has 2 amide bonds. The molecule has 0 saturated heterocycles. The maximum absolute atomic E-state index is 12.0. The predicted octanol–water partition coefficient (Wildman–Crippen LogP) is 3.97. The third-order valence-electron chi connectivity index (χ3n) is 4.19. The van der Waals surface area contributed by atoms with Crippen molar-refractivity contribution in [2.45, 2.75) is 20.5 Å². The van der Waals surface area contributed by atoms with Gasteiger partial charge in [0.1, 0.15) is 12.4 Å². The molecule has 3 aromatic carbocycles. The van der Waals surface area contributed by atoms with E-state index in [0.29, 0.717) is 12.3 Å². The molecule has 0 fully saturated rings. The van der Waals surface area contributed by atoms with Crippen molar-refractivity contribution in [2.24, 2.45) is 5.10 Å². The summed E-state index contributed by atoms with van der Waals surface area (Å²) in [5, 5.41) is 6.40. The summed E-state index contributed by atoms with van der Waals surface area (Å²) < 4.78 is 5.73. The fourth-order valence-electron chi connectivity index (χ4n) is 2.84. The zero-order valence-corrected chi connectivity index (χ0v) is 16.9. The number of carbonyl (C=O) groups excluding carboxylic acids is 2. The molecule has 30 heavy (non-hydrogen) atoms. The number of ether oxygens (including phenoxy) is 1. The van der Waals surface area contributed by atoms with Crippen molar-refractivity contribution in [3.63, 3.8) is 0 Å². The van der Waals surface area contributed by atoms with E-state index < -0.39 is 11.8 Å². The van der Waals surface area contributed by atoms with Crippen LogP contribution in [-0.4, -0.2) is 18.0 Å². The van der Waals surface area contributed by atoms with Crippen molar-refractivity contribution in [3.05, 3.63) is 95.1 Å². The zero-order valence-electron chi connectivity index (χ0n) is 16.9. The largest absolute Gasteiger partial charge is 0.489 e. The van der Waals surface area contributed by atoms with Gasteiger partial charge in [-0.1, -0.05) is 36.4 Å². The second-order valence-corrected chi connectivity index (χ2v) is 6.87. The van der Waals surface area contributed by atoms with Gasteiger partial charge < -0.3 is 10.1 Å². The highest BCUT2D eigenvalue weighted by Crippen LogP contribution is 2.14. The summed E-state index contributed by atoms with van der Waals surface area (Å²) in [5.74, 6) is -0.886. The maximum atomic E-state index is 12.0. The molecule has 0 saturated carbocycles. The smallest absolute Gasteiger partial charge is 0.329 e. The number of aryl methyl sites for hydroxylation is 2. The standard InChI is InChI=1S/C24H23N3O3/c1-17-12-18(2)14-21(13-17)26-23(28)24(29)27-25-15-19-8-10-22(11-9-19)30-16-20-6-4-3-5-7-20/h3-15H,16H2,1-2H3,(H,26,28)(H,27,29)/b25-15-. The van der Waals surface area contributed by atoms with Gasteiger partial charge in [-0.15, -0.1) is 0 Å². The van der Waals surface area contributed by atoms with E-state index in [4.69, 9.17) is 4.74 Å². The first-order valence-corrected chi connectivity index (χ1v) is 9.49. The van der Waals surface area contributed by atoms with E-state index >= 15 is 0 Å².